The number of hydrogen-bond donors (Lipinski definition) is 2. The molecule has 2 rings (SSSR count). The van der Waals surface area contributed by atoms with Gasteiger partial charge in [-0.2, -0.15) is 0 Å². The number of aryl methyl sites for hydroxylation is 2. The summed E-state index contributed by atoms with van der Waals surface area (Å²) in [6.45, 7) is 9.47. The van der Waals surface area contributed by atoms with E-state index in [0.29, 0.717) is 12.0 Å². The van der Waals surface area contributed by atoms with Crippen molar-refractivity contribution in [2.75, 3.05) is 25.0 Å². The van der Waals surface area contributed by atoms with E-state index in [9.17, 15) is 0 Å². The molecule has 5 heteroatoms. The third-order valence-electron chi connectivity index (χ3n) is 4.39. The zero-order valence-corrected chi connectivity index (χ0v) is 16.3. The molecule has 0 aliphatic carbocycles. The van der Waals surface area contributed by atoms with Crippen LogP contribution in [0.1, 0.15) is 37.3 Å². The van der Waals surface area contributed by atoms with Crippen LogP contribution in [-0.4, -0.2) is 36.5 Å². The quantitative estimate of drug-likeness (QED) is 0.449. The second-order valence-corrected chi connectivity index (χ2v) is 6.07. The number of nitrogens with zero attached hydrogens (tertiary/aromatic N) is 2. The predicted octanol–water partition coefficient (Wildman–Crippen LogP) is 3.52. The Morgan fingerprint density at radius 1 is 1.32 bits per heavy atom. The molecule has 0 bridgehead atoms. The van der Waals surface area contributed by atoms with Gasteiger partial charge in [0.1, 0.15) is 0 Å². The Labute approximate surface area is 151 Å². The number of hydrogen-bond acceptors (Lipinski definition) is 2. The maximum atomic E-state index is 5.96. The van der Waals surface area contributed by atoms with E-state index in [-0.39, 0.29) is 24.0 Å². The van der Waals surface area contributed by atoms with Gasteiger partial charge in [0.2, 0.25) is 0 Å². The van der Waals surface area contributed by atoms with Crippen molar-refractivity contribution in [3.05, 3.63) is 29.3 Å². The molecule has 22 heavy (non-hydrogen) atoms. The molecule has 1 aliphatic rings. The van der Waals surface area contributed by atoms with Gasteiger partial charge in [0.15, 0.2) is 5.96 Å². The fourth-order valence-corrected chi connectivity index (χ4v) is 2.80. The van der Waals surface area contributed by atoms with E-state index >= 15 is 0 Å². The van der Waals surface area contributed by atoms with Gasteiger partial charge >= 0.3 is 0 Å². The van der Waals surface area contributed by atoms with E-state index in [0.717, 1.165) is 18.8 Å². The first-order chi connectivity index (χ1) is 10.1. The number of rotatable bonds is 4. The lowest BCUT2D eigenvalue weighted by Gasteiger charge is -2.32. The summed E-state index contributed by atoms with van der Waals surface area (Å²) in [5.74, 6) is 0.503. The highest BCUT2D eigenvalue weighted by Gasteiger charge is 2.16. The topological polar surface area (TPSA) is 53.6 Å². The summed E-state index contributed by atoms with van der Waals surface area (Å²) in [6, 6.07) is 6.92. The summed E-state index contributed by atoms with van der Waals surface area (Å²) in [5.41, 5.74) is 9.52. The van der Waals surface area contributed by atoms with Crippen LogP contribution in [0.2, 0.25) is 0 Å². The van der Waals surface area contributed by atoms with Gasteiger partial charge in [0.05, 0.1) is 6.54 Å². The molecule has 1 aliphatic heterocycles. The first-order valence-electron chi connectivity index (χ1n) is 7.94. The average Bonchev–Trinajstić information content (AvgIpc) is 2.45. The van der Waals surface area contributed by atoms with Crippen LogP contribution >= 0.6 is 24.0 Å². The molecule has 1 heterocycles. The summed E-state index contributed by atoms with van der Waals surface area (Å²) >= 11 is 0. The van der Waals surface area contributed by atoms with Gasteiger partial charge in [-0.15, -0.1) is 24.0 Å². The third-order valence-corrected chi connectivity index (χ3v) is 4.39. The maximum Gasteiger partial charge on any atom is 0.193 e. The summed E-state index contributed by atoms with van der Waals surface area (Å²) < 4.78 is 0. The predicted molar refractivity (Wildman–Crippen MR) is 106 cm³/mol. The summed E-state index contributed by atoms with van der Waals surface area (Å²) in [7, 11) is 0. The first-order valence-corrected chi connectivity index (χ1v) is 7.94. The fourth-order valence-electron chi connectivity index (χ4n) is 2.80. The molecule has 0 spiro atoms. The Morgan fingerprint density at radius 3 is 2.77 bits per heavy atom. The van der Waals surface area contributed by atoms with Gasteiger partial charge in [-0.3, -0.25) is 9.89 Å². The second-order valence-electron chi connectivity index (χ2n) is 6.07. The van der Waals surface area contributed by atoms with Crippen LogP contribution in [-0.2, 0) is 0 Å². The number of nitrogens with two attached hydrogens (primary N) is 1. The van der Waals surface area contributed by atoms with E-state index in [1.807, 2.05) is 6.07 Å². The molecule has 0 aromatic heterocycles. The molecule has 3 N–H and O–H groups in total. The van der Waals surface area contributed by atoms with Crippen molar-refractivity contribution in [3.8, 4) is 0 Å². The molecule has 0 amide bonds. The van der Waals surface area contributed by atoms with Crippen molar-refractivity contribution < 1.29 is 0 Å². The normalized spacial score (nSPS) is 19.6. The highest BCUT2D eigenvalue weighted by atomic mass is 127. The van der Waals surface area contributed by atoms with Crippen LogP contribution in [0.4, 0.5) is 5.69 Å². The smallest absolute Gasteiger partial charge is 0.193 e. The van der Waals surface area contributed by atoms with Gasteiger partial charge in [-0.25, -0.2) is 0 Å². The molecule has 1 aromatic carbocycles. The Bertz CT molecular complexity index is 501. The number of aliphatic imine (C=N–C) groups is 1. The number of halogens is 1. The summed E-state index contributed by atoms with van der Waals surface area (Å²) in [4.78, 5) is 6.95. The third kappa shape index (κ3) is 5.76. The molecular weight excluding hydrogens is 387 g/mol. The van der Waals surface area contributed by atoms with Crippen molar-refractivity contribution in [1.82, 2.24) is 4.90 Å². The Morgan fingerprint density at radius 2 is 2.09 bits per heavy atom. The molecule has 1 saturated heterocycles. The maximum absolute atomic E-state index is 5.96. The number of nitrogens with one attached hydrogen (secondary N) is 1. The van der Waals surface area contributed by atoms with Gasteiger partial charge in [-0.05, 0) is 63.4 Å². The van der Waals surface area contributed by atoms with Crippen molar-refractivity contribution in [2.24, 2.45) is 10.7 Å². The molecule has 1 aromatic rings. The number of benzene rings is 1. The molecule has 0 radical (unpaired) electrons. The van der Waals surface area contributed by atoms with E-state index < -0.39 is 0 Å². The van der Waals surface area contributed by atoms with Crippen molar-refractivity contribution in [1.29, 1.82) is 0 Å². The Hall–Kier alpha value is -0.820. The van der Waals surface area contributed by atoms with E-state index in [2.05, 4.69) is 48.1 Å². The number of likely N-dealkylation sites (tertiary alicyclic amines) is 1. The monoisotopic (exact) mass is 416 g/mol. The number of anilines is 1. The highest BCUT2D eigenvalue weighted by Crippen LogP contribution is 2.16. The van der Waals surface area contributed by atoms with E-state index in [1.54, 1.807) is 0 Å². The van der Waals surface area contributed by atoms with E-state index in [1.165, 1.54) is 36.9 Å². The molecule has 1 fully saturated rings. The van der Waals surface area contributed by atoms with Crippen LogP contribution in [0.5, 0.6) is 0 Å². The highest BCUT2D eigenvalue weighted by molar-refractivity contribution is 14.0. The molecule has 4 nitrogen and oxygen atoms in total. The zero-order chi connectivity index (χ0) is 15.2. The minimum Gasteiger partial charge on any atom is -0.370 e. The fraction of sp³-hybridized carbons (Fsp3) is 0.588. The Kier molecular flexibility index (Phi) is 8.17. The SMILES string of the molecule is Cc1ccc(NC(N)=NCCN2CCCCC2C)cc1C.I. The van der Waals surface area contributed by atoms with Gasteiger partial charge in [0.25, 0.3) is 0 Å². The summed E-state index contributed by atoms with van der Waals surface area (Å²) in [6.07, 6.45) is 3.97. The van der Waals surface area contributed by atoms with Crippen molar-refractivity contribution in [2.45, 2.75) is 46.1 Å². The van der Waals surface area contributed by atoms with Gasteiger partial charge in [-0.1, -0.05) is 12.5 Å². The van der Waals surface area contributed by atoms with Crippen molar-refractivity contribution >= 4 is 35.6 Å². The average molecular weight is 416 g/mol. The largest absolute Gasteiger partial charge is 0.370 e. The molecule has 1 atom stereocenters. The minimum absolute atomic E-state index is 0. The first kappa shape index (κ1) is 19.2. The number of guanidine groups is 1. The van der Waals surface area contributed by atoms with Crippen LogP contribution in [0, 0.1) is 13.8 Å². The Balaban J connectivity index is 0.00000242. The molecular formula is C17H29IN4. The zero-order valence-electron chi connectivity index (χ0n) is 13.9. The summed E-state index contributed by atoms with van der Waals surface area (Å²) in [5, 5.41) is 3.17. The van der Waals surface area contributed by atoms with Crippen LogP contribution < -0.4 is 11.1 Å². The van der Waals surface area contributed by atoms with Gasteiger partial charge < -0.3 is 11.1 Å². The lowest BCUT2D eigenvalue weighted by Crippen LogP contribution is -2.39. The minimum atomic E-state index is 0. The molecule has 0 saturated carbocycles. The lowest BCUT2D eigenvalue weighted by atomic mass is 10.0. The van der Waals surface area contributed by atoms with Crippen LogP contribution in [0.15, 0.2) is 23.2 Å². The van der Waals surface area contributed by atoms with Crippen molar-refractivity contribution in [3.63, 3.8) is 0 Å². The van der Waals surface area contributed by atoms with E-state index in [4.69, 9.17) is 5.73 Å². The lowest BCUT2D eigenvalue weighted by molar-refractivity contribution is 0.166. The van der Waals surface area contributed by atoms with Gasteiger partial charge in [0, 0.05) is 18.3 Å². The van der Waals surface area contributed by atoms with Crippen LogP contribution in [0.25, 0.3) is 0 Å². The standard InChI is InChI=1S/C17H28N4.HI/c1-13-7-8-16(12-14(13)2)20-17(18)19-9-11-21-10-5-4-6-15(21)3;/h7-8,12,15H,4-6,9-11H2,1-3H3,(H3,18,19,20);1H. The second kappa shape index (κ2) is 9.35. The number of piperidine rings is 1. The van der Waals surface area contributed by atoms with Crippen LogP contribution in [0.3, 0.4) is 0 Å². The molecule has 1 unspecified atom stereocenters. The molecule has 124 valence electrons.